The first kappa shape index (κ1) is 19.2. The molecule has 2 aromatic heterocycles. The molecule has 0 aliphatic carbocycles. The lowest BCUT2D eigenvalue weighted by Crippen LogP contribution is -2.49. The number of piperazine rings is 1. The van der Waals surface area contributed by atoms with Gasteiger partial charge in [-0.1, -0.05) is 12.1 Å². The minimum absolute atomic E-state index is 0.116. The molecule has 1 aliphatic rings. The zero-order valence-electron chi connectivity index (χ0n) is 17.5. The summed E-state index contributed by atoms with van der Waals surface area (Å²) in [6.07, 6.45) is 1.78. The maximum absolute atomic E-state index is 12.9. The van der Waals surface area contributed by atoms with Crippen LogP contribution in [-0.2, 0) is 0 Å². The van der Waals surface area contributed by atoms with Gasteiger partial charge < -0.3 is 9.80 Å². The number of carbonyl (C=O) groups is 1. The van der Waals surface area contributed by atoms with Crippen LogP contribution in [0.4, 0.5) is 5.69 Å². The molecule has 0 bridgehead atoms. The van der Waals surface area contributed by atoms with E-state index in [0.29, 0.717) is 13.1 Å². The lowest BCUT2D eigenvalue weighted by Gasteiger charge is -2.36. The minimum Gasteiger partial charge on any atom is -0.365 e. The molecule has 1 amide bonds. The van der Waals surface area contributed by atoms with Gasteiger partial charge in [-0.05, 0) is 63.1 Å². The average molecular weight is 390 g/mol. The maximum Gasteiger partial charge on any atom is 0.253 e. The van der Waals surface area contributed by atoms with Crippen LogP contribution in [0.2, 0.25) is 0 Å². The summed E-state index contributed by atoms with van der Waals surface area (Å²) < 4.78 is 1.90. The number of nitrogens with zero attached hydrogens (tertiary/aromatic N) is 5. The quantitative estimate of drug-likeness (QED) is 0.688. The monoisotopic (exact) mass is 389 g/mol. The van der Waals surface area contributed by atoms with E-state index >= 15 is 0 Å². The highest BCUT2D eigenvalue weighted by Crippen LogP contribution is 2.27. The third kappa shape index (κ3) is 3.62. The van der Waals surface area contributed by atoms with E-state index in [-0.39, 0.29) is 5.91 Å². The Morgan fingerprint density at radius 3 is 2.34 bits per heavy atom. The van der Waals surface area contributed by atoms with Crippen molar-refractivity contribution in [2.24, 2.45) is 0 Å². The number of amides is 1. The van der Waals surface area contributed by atoms with Crippen molar-refractivity contribution in [2.75, 3.05) is 31.1 Å². The van der Waals surface area contributed by atoms with E-state index in [9.17, 15) is 4.79 Å². The van der Waals surface area contributed by atoms with Gasteiger partial charge in [-0.2, -0.15) is 5.10 Å². The second-order valence-corrected chi connectivity index (χ2v) is 7.70. The van der Waals surface area contributed by atoms with E-state index in [2.05, 4.69) is 30.7 Å². The van der Waals surface area contributed by atoms with E-state index in [0.717, 1.165) is 47.1 Å². The second-order valence-electron chi connectivity index (χ2n) is 7.70. The molecular formula is C23H27N5O. The highest BCUT2D eigenvalue weighted by atomic mass is 16.2. The number of carbonyl (C=O) groups excluding carboxylic acids is 1. The first-order valence-corrected chi connectivity index (χ1v) is 10.0. The summed E-state index contributed by atoms with van der Waals surface area (Å²) in [5, 5.41) is 4.71. The molecule has 0 N–H and O–H groups in total. The number of rotatable bonds is 3. The predicted molar refractivity (Wildman–Crippen MR) is 115 cm³/mol. The molecule has 0 spiro atoms. The number of hydrogen-bond acceptors (Lipinski definition) is 4. The van der Waals surface area contributed by atoms with Crippen molar-refractivity contribution in [3.05, 3.63) is 70.7 Å². The summed E-state index contributed by atoms with van der Waals surface area (Å²) in [5.41, 5.74) is 6.35. The molecule has 6 heteroatoms. The third-order valence-corrected chi connectivity index (χ3v) is 5.76. The highest BCUT2D eigenvalue weighted by Gasteiger charge is 2.26. The number of aromatic nitrogens is 3. The van der Waals surface area contributed by atoms with Gasteiger partial charge in [0.15, 0.2) is 5.82 Å². The summed E-state index contributed by atoms with van der Waals surface area (Å²) in [6.45, 7) is 11.2. The summed E-state index contributed by atoms with van der Waals surface area (Å²) in [6, 6.07) is 11.8. The normalized spacial score (nSPS) is 14.3. The number of pyridine rings is 1. The molecule has 0 radical (unpaired) electrons. The Kier molecular flexibility index (Phi) is 5.09. The molecule has 1 fully saturated rings. The minimum atomic E-state index is 0.116. The number of hydrogen-bond donors (Lipinski definition) is 0. The smallest absolute Gasteiger partial charge is 0.253 e. The lowest BCUT2D eigenvalue weighted by atomic mass is 10.1. The van der Waals surface area contributed by atoms with Gasteiger partial charge in [0.1, 0.15) is 0 Å². The van der Waals surface area contributed by atoms with Crippen LogP contribution in [0.15, 0.2) is 42.6 Å². The molecule has 0 saturated carbocycles. The van der Waals surface area contributed by atoms with E-state index in [4.69, 9.17) is 5.10 Å². The van der Waals surface area contributed by atoms with E-state index < -0.39 is 0 Å². The summed E-state index contributed by atoms with van der Waals surface area (Å²) in [4.78, 5) is 21.6. The molecule has 3 aromatic rings. The van der Waals surface area contributed by atoms with Gasteiger partial charge >= 0.3 is 0 Å². The Morgan fingerprint density at radius 2 is 1.69 bits per heavy atom. The van der Waals surface area contributed by atoms with Gasteiger partial charge in [0.2, 0.25) is 0 Å². The molecule has 1 aromatic carbocycles. The predicted octanol–water partition coefficient (Wildman–Crippen LogP) is 3.46. The average Bonchev–Trinajstić information content (AvgIpc) is 3.04. The highest BCUT2D eigenvalue weighted by molar-refractivity contribution is 5.94. The van der Waals surface area contributed by atoms with Gasteiger partial charge in [-0.25, -0.2) is 9.67 Å². The molecule has 150 valence electrons. The number of anilines is 1. The fourth-order valence-electron chi connectivity index (χ4n) is 3.98. The summed E-state index contributed by atoms with van der Waals surface area (Å²) >= 11 is 0. The van der Waals surface area contributed by atoms with E-state index in [1.54, 1.807) is 6.20 Å². The van der Waals surface area contributed by atoms with Crippen molar-refractivity contribution in [3.63, 3.8) is 0 Å². The van der Waals surface area contributed by atoms with E-state index in [1.165, 1.54) is 5.56 Å². The van der Waals surface area contributed by atoms with Crippen LogP contribution in [0.1, 0.15) is 32.9 Å². The van der Waals surface area contributed by atoms with Crippen molar-refractivity contribution in [3.8, 4) is 5.82 Å². The molecule has 6 nitrogen and oxygen atoms in total. The first-order chi connectivity index (χ1) is 14.0. The Balaban J connectivity index is 1.49. The Labute approximate surface area is 171 Å². The Bertz CT molecular complexity index is 1030. The first-order valence-electron chi connectivity index (χ1n) is 10.0. The molecule has 3 heterocycles. The van der Waals surface area contributed by atoms with Crippen molar-refractivity contribution in [1.29, 1.82) is 0 Å². The van der Waals surface area contributed by atoms with Gasteiger partial charge in [-0.3, -0.25) is 4.79 Å². The molecule has 1 aliphatic heterocycles. The lowest BCUT2D eigenvalue weighted by molar-refractivity contribution is 0.0746. The second kappa shape index (κ2) is 7.70. The van der Waals surface area contributed by atoms with Crippen molar-refractivity contribution in [1.82, 2.24) is 19.7 Å². The van der Waals surface area contributed by atoms with Gasteiger partial charge in [0, 0.05) is 37.9 Å². The van der Waals surface area contributed by atoms with Crippen LogP contribution in [0, 0.1) is 27.7 Å². The largest absolute Gasteiger partial charge is 0.365 e. The Morgan fingerprint density at radius 1 is 0.931 bits per heavy atom. The van der Waals surface area contributed by atoms with Crippen LogP contribution in [0.5, 0.6) is 0 Å². The van der Waals surface area contributed by atoms with Gasteiger partial charge in [0.05, 0.1) is 17.1 Å². The fourth-order valence-corrected chi connectivity index (χ4v) is 3.98. The molecular weight excluding hydrogens is 362 g/mol. The van der Waals surface area contributed by atoms with Crippen LogP contribution < -0.4 is 4.90 Å². The van der Waals surface area contributed by atoms with Crippen LogP contribution >= 0.6 is 0 Å². The SMILES string of the molecule is Cc1ccc(C(=O)N2CCN(c3c(C)nn(-c4ccccn4)c3C)CC2)cc1C. The third-order valence-electron chi connectivity index (χ3n) is 5.76. The molecule has 29 heavy (non-hydrogen) atoms. The zero-order chi connectivity index (χ0) is 20.5. The van der Waals surface area contributed by atoms with Crippen LogP contribution in [0.25, 0.3) is 5.82 Å². The van der Waals surface area contributed by atoms with Crippen LogP contribution in [-0.4, -0.2) is 51.8 Å². The number of benzene rings is 1. The Hall–Kier alpha value is -3.15. The van der Waals surface area contributed by atoms with Gasteiger partial charge in [0.25, 0.3) is 5.91 Å². The molecule has 0 unspecified atom stereocenters. The van der Waals surface area contributed by atoms with Gasteiger partial charge in [-0.15, -0.1) is 0 Å². The van der Waals surface area contributed by atoms with Crippen molar-refractivity contribution < 1.29 is 4.79 Å². The van der Waals surface area contributed by atoms with E-state index in [1.807, 2.05) is 52.9 Å². The van der Waals surface area contributed by atoms with Crippen molar-refractivity contribution >= 4 is 11.6 Å². The summed E-state index contributed by atoms with van der Waals surface area (Å²) in [7, 11) is 0. The molecule has 1 saturated heterocycles. The number of aryl methyl sites for hydroxylation is 3. The summed E-state index contributed by atoms with van der Waals surface area (Å²) in [5.74, 6) is 0.938. The molecule has 0 atom stereocenters. The zero-order valence-corrected chi connectivity index (χ0v) is 17.5. The van der Waals surface area contributed by atoms with Crippen molar-refractivity contribution in [2.45, 2.75) is 27.7 Å². The van der Waals surface area contributed by atoms with Crippen LogP contribution in [0.3, 0.4) is 0 Å². The topological polar surface area (TPSA) is 54.3 Å². The maximum atomic E-state index is 12.9. The molecule has 4 rings (SSSR count). The fraction of sp³-hybridized carbons (Fsp3) is 0.348. The standard InChI is InChI=1S/C23H27N5O/c1-16-8-9-20(15-17(16)2)23(29)27-13-11-26(12-14-27)22-18(3)25-28(19(22)4)21-7-5-6-10-24-21/h5-10,15H,11-14H2,1-4H3.